The fourth-order valence-electron chi connectivity index (χ4n) is 2.69. The Hall–Kier alpha value is -1.85. The molecule has 1 N–H and O–H groups in total. The van der Waals surface area contributed by atoms with Gasteiger partial charge in [0, 0.05) is 17.5 Å². The SMILES string of the molecule is CCC(NC(=O)c1cc2c(C)nn(C)c2s1)c1cccc(Cl)c1. The zero-order valence-corrected chi connectivity index (χ0v) is 14.8. The van der Waals surface area contributed by atoms with Crippen molar-refractivity contribution in [1.29, 1.82) is 0 Å². The summed E-state index contributed by atoms with van der Waals surface area (Å²) >= 11 is 7.52. The first-order valence-electron chi connectivity index (χ1n) is 7.49. The summed E-state index contributed by atoms with van der Waals surface area (Å²) in [5, 5.41) is 9.18. The van der Waals surface area contributed by atoms with Crippen LogP contribution in [0.3, 0.4) is 0 Å². The Morgan fingerprint density at radius 1 is 1.43 bits per heavy atom. The van der Waals surface area contributed by atoms with Gasteiger partial charge in [0.15, 0.2) is 0 Å². The topological polar surface area (TPSA) is 46.9 Å². The fourth-order valence-corrected chi connectivity index (χ4v) is 3.92. The number of thiophene rings is 1. The zero-order valence-electron chi connectivity index (χ0n) is 13.3. The number of benzene rings is 1. The standard InChI is InChI=1S/C17H18ClN3OS/c1-4-14(11-6-5-7-12(18)8-11)19-16(22)15-9-13-10(2)20-21(3)17(13)23-15/h5-9,14H,4H2,1-3H3,(H,19,22). The molecule has 0 aliphatic heterocycles. The molecule has 3 aromatic rings. The van der Waals surface area contributed by atoms with Crippen molar-refractivity contribution >= 4 is 39.1 Å². The number of aromatic nitrogens is 2. The van der Waals surface area contributed by atoms with Crippen LogP contribution < -0.4 is 5.32 Å². The van der Waals surface area contributed by atoms with Crippen LogP contribution in [0.5, 0.6) is 0 Å². The van der Waals surface area contributed by atoms with E-state index >= 15 is 0 Å². The number of hydrogen-bond acceptors (Lipinski definition) is 3. The molecule has 2 aromatic heterocycles. The summed E-state index contributed by atoms with van der Waals surface area (Å²) in [6, 6.07) is 9.49. The normalized spacial score (nSPS) is 12.5. The van der Waals surface area contributed by atoms with Crippen LogP contribution in [0.25, 0.3) is 10.2 Å². The minimum atomic E-state index is -0.0579. The predicted molar refractivity (Wildman–Crippen MR) is 95.3 cm³/mol. The molecule has 1 unspecified atom stereocenters. The summed E-state index contributed by atoms with van der Waals surface area (Å²) in [7, 11) is 1.90. The first-order valence-corrected chi connectivity index (χ1v) is 8.68. The maximum absolute atomic E-state index is 12.6. The van der Waals surface area contributed by atoms with Crippen LogP contribution in [0.1, 0.15) is 40.3 Å². The molecule has 1 aromatic carbocycles. The number of carbonyl (C=O) groups is 1. The Kier molecular flexibility index (Phi) is 4.41. The van der Waals surface area contributed by atoms with Crippen molar-refractivity contribution in [3.8, 4) is 0 Å². The lowest BCUT2D eigenvalue weighted by molar-refractivity contribution is 0.0940. The number of halogens is 1. The summed E-state index contributed by atoms with van der Waals surface area (Å²) in [4.78, 5) is 14.3. The van der Waals surface area contributed by atoms with E-state index in [1.54, 1.807) is 0 Å². The maximum Gasteiger partial charge on any atom is 0.261 e. The second-order valence-corrected chi connectivity index (χ2v) is 6.99. The van der Waals surface area contributed by atoms with Crippen molar-refractivity contribution in [2.75, 3.05) is 0 Å². The van der Waals surface area contributed by atoms with E-state index in [-0.39, 0.29) is 11.9 Å². The lowest BCUT2D eigenvalue weighted by Crippen LogP contribution is -2.27. The van der Waals surface area contributed by atoms with Crippen molar-refractivity contribution in [1.82, 2.24) is 15.1 Å². The minimum Gasteiger partial charge on any atom is -0.345 e. The van der Waals surface area contributed by atoms with E-state index in [0.717, 1.165) is 27.9 Å². The lowest BCUT2D eigenvalue weighted by Gasteiger charge is -2.17. The predicted octanol–water partition coefficient (Wildman–Crippen LogP) is 4.48. The zero-order chi connectivity index (χ0) is 16.6. The average molecular weight is 348 g/mol. The Labute approximate surface area is 144 Å². The van der Waals surface area contributed by atoms with Crippen molar-refractivity contribution in [3.05, 3.63) is 51.5 Å². The molecule has 0 radical (unpaired) electrons. The maximum atomic E-state index is 12.6. The molecule has 0 bridgehead atoms. The quantitative estimate of drug-likeness (QED) is 0.756. The summed E-state index contributed by atoms with van der Waals surface area (Å²) in [6.07, 6.45) is 0.803. The number of hydrogen-bond donors (Lipinski definition) is 1. The van der Waals surface area contributed by atoms with Gasteiger partial charge in [-0.2, -0.15) is 5.10 Å². The molecule has 6 heteroatoms. The molecule has 0 spiro atoms. The second kappa shape index (κ2) is 6.34. The van der Waals surface area contributed by atoms with Gasteiger partial charge >= 0.3 is 0 Å². The molecule has 0 saturated heterocycles. The van der Waals surface area contributed by atoms with Gasteiger partial charge in [-0.15, -0.1) is 11.3 Å². The summed E-state index contributed by atoms with van der Waals surface area (Å²) in [5.41, 5.74) is 1.96. The van der Waals surface area contributed by atoms with Gasteiger partial charge in [-0.25, -0.2) is 0 Å². The summed E-state index contributed by atoms with van der Waals surface area (Å²) in [6.45, 7) is 4.00. The highest BCUT2D eigenvalue weighted by Gasteiger charge is 2.18. The minimum absolute atomic E-state index is 0.0503. The Balaban J connectivity index is 1.85. The molecular weight excluding hydrogens is 330 g/mol. The van der Waals surface area contributed by atoms with Crippen LogP contribution in [-0.4, -0.2) is 15.7 Å². The van der Waals surface area contributed by atoms with Crippen LogP contribution in [-0.2, 0) is 7.05 Å². The third kappa shape index (κ3) is 3.12. The molecule has 4 nitrogen and oxygen atoms in total. The van der Waals surface area contributed by atoms with Crippen LogP contribution in [0.4, 0.5) is 0 Å². The number of nitrogens with one attached hydrogen (secondary N) is 1. The number of nitrogens with zero attached hydrogens (tertiary/aromatic N) is 2. The van der Waals surface area contributed by atoms with Gasteiger partial charge in [0.1, 0.15) is 4.83 Å². The van der Waals surface area contributed by atoms with Gasteiger partial charge in [0.2, 0.25) is 0 Å². The van der Waals surface area contributed by atoms with Crippen LogP contribution in [0.15, 0.2) is 30.3 Å². The molecule has 3 rings (SSSR count). The highest BCUT2D eigenvalue weighted by molar-refractivity contribution is 7.20. The first kappa shape index (κ1) is 16.0. The molecule has 0 aliphatic carbocycles. The van der Waals surface area contributed by atoms with Crippen LogP contribution >= 0.6 is 22.9 Å². The van der Waals surface area contributed by atoms with Gasteiger partial charge in [0.25, 0.3) is 5.91 Å². The van der Waals surface area contributed by atoms with E-state index in [1.165, 1.54) is 11.3 Å². The third-order valence-corrected chi connectivity index (χ3v) is 5.32. The van der Waals surface area contributed by atoms with Crippen molar-refractivity contribution in [2.45, 2.75) is 26.3 Å². The molecule has 0 aliphatic rings. The van der Waals surface area contributed by atoms with Gasteiger partial charge in [-0.05, 0) is 37.1 Å². The lowest BCUT2D eigenvalue weighted by atomic mass is 10.0. The number of carbonyl (C=O) groups excluding carboxylic acids is 1. The highest BCUT2D eigenvalue weighted by Crippen LogP contribution is 2.28. The fraction of sp³-hybridized carbons (Fsp3) is 0.294. The molecule has 1 atom stereocenters. The highest BCUT2D eigenvalue weighted by atomic mass is 35.5. The monoisotopic (exact) mass is 347 g/mol. The molecule has 0 fully saturated rings. The number of amides is 1. The van der Waals surface area contributed by atoms with Gasteiger partial charge in [-0.3, -0.25) is 9.48 Å². The summed E-state index contributed by atoms with van der Waals surface area (Å²) < 4.78 is 1.82. The number of fused-ring (bicyclic) bond motifs is 1. The molecule has 1 amide bonds. The van der Waals surface area contributed by atoms with E-state index in [0.29, 0.717) is 9.90 Å². The molecule has 23 heavy (non-hydrogen) atoms. The Bertz CT molecular complexity index is 833. The van der Waals surface area contributed by atoms with E-state index < -0.39 is 0 Å². The van der Waals surface area contributed by atoms with E-state index in [1.807, 2.05) is 55.9 Å². The van der Waals surface area contributed by atoms with E-state index in [9.17, 15) is 4.79 Å². The van der Waals surface area contributed by atoms with E-state index in [2.05, 4.69) is 10.4 Å². The van der Waals surface area contributed by atoms with Crippen molar-refractivity contribution in [2.24, 2.45) is 7.05 Å². The van der Waals surface area contributed by atoms with Crippen LogP contribution in [0, 0.1) is 6.92 Å². The molecule has 120 valence electrons. The van der Waals surface area contributed by atoms with Crippen LogP contribution in [0.2, 0.25) is 5.02 Å². The molecular formula is C17H18ClN3OS. The second-order valence-electron chi connectivity index (χ2n) is 5.53. The average Bonchev–Trinajstić information content (AvgIpc) is 3.07. The Morgan fingerprint density at radius 2 is 2.22 bits per heavy atom. The molecule has 2 heterocycles. The van der Waals surface area contributed by atoms with E-state index in [4.69, 9.17) is 11.6 Å². The van der Waals surface area contributed by atoms with Gasteiger partial charge in [-0.1, -0.05) is 30.7 Å². The number of aryl methyl sites for hydroxylation is 2. The first-order chi connectivity index (χ1) is 11.0. The van der Waals surface area contributed by atoms with Crippen molar-refractivity contribution in [3.63, 3.8) is 0 Å². The van der Waals surface area contributed by atoms with Crippen molar-refractivity contribution < 1.29 is 4.79 Å². The third-order valence-electron chi connectivity index (χ3n) is 3.88. The smallest absolute Gasteiger partial charge is 0.261 e. The van der Waals surface area contributed by atoms with Gasteiger partial charge in [0.05, 0.1) is 16.6 Å². The largest absolute Gasteiger partial charge is 0.345 e. The Morgan fingerprint density at radius 3 is 2.87 bits per heavy atom. The summed E-state index contributed by atoms with van der Waals surface area (Å²) in [5.74, 6) is -0.0579. The molecule has 0 saturated carbocycles. The number of rotatable bonds is 4. The van der Waals surface area contributed by atoms with Gasteiger partial charge < -0.3 is 5.32 Å².